The van der Waals surface area contributed by atoms with Crippen LogP contribution in [0.2, 0.25) is 0 Å². The van der Waals surface area contributed by atoms with Crippen LogP contribution in [0, 0.1) is 17.1 Å². The number of fused-ring (bicyclic) bond motifs is 3. The summed E-state index contributed by atoms with van der Waals surface area (Å²) in [7, 11) is 4.13. The number of halogens is 1. The zero-order valence-corrected chi connectivity index (χ0v) is 26.6. The summed E-state index contributed by atoms with van der Waals surface area (Å²) >= 11 is 0. The van der Waals surface area contributed by atoms with Crippen LogP contribution in [0.1, 0.15) is 48.5 Å². The number of aromatic nitrogens is 3. The Labute approximate surface area is 271 Å². The molecular weight excluding hydrogens is 601 g/mol. The first kappa shape index (κ1) is 30.6. The van der Waals surface area contributed by atoms with E-state index in [1.54, 1.807) is 23.8 Å². The molecule has 0 aliphatic carbocycles. The molecule has 3 aliphatic heterocycles. The molecule has 3 saturated heterocycles. The lowest BCUT2D eigenvalue weighted by molar-refractivity contribution is 0.0524. The third kappa shape index (κ3) is 5.24. The highest BCUT2D eigenvalue weighted by Gasteiger charge is 2.53. The van der Waals surface area contributed by atoms with Crippen molar-refractivity contribution in [3.63, 3.8) is 0 Å². The fourth-order valence-electron chi connectivity index (χ4n) is 7.27. The molecule has 0 atom stereocenters. The van der Waals surface area contributed by atoms with Gasteiger partial charge in [-0.1, -0.05) is 0 Å². The molecule has 3 fully saturated rings. The third-order valence-electron chi connectivity index (χ3n) is 9.89. The van der Waals surface area contributed by atoms with Crippen molar-refractivity contribution in [2.75, 3.05) is 50.2 Å². The second kappa shape index (κ2) is 12.0. The highest BCUT2D eigenvalue weighted by Crippen LogP contribution is 2.50. The summed E-state index contributed by atoms with van der Waals surface area (Å²) < 4.78 is 27.4. The molecule has 0 amide bonds. The van der Waals surface area contributed by atoms with Crippen LogP contribution in [0.5, 0.6) is 5.88 Å². The number of esters is 1. The summed E-state index contributed by atoms with van der Waals surface area (Å²) in [5.41, 5.74) is 1.05. The smallest absolute Gasteiger partial charge is 0.343 e. The lowest BCUT2D eigenvalue weighted by Gasteiger charge is -2.43. The molecule has 12 heteroatoms. The van der Waals surface area contributed by atoms with Crippen molar-refractivity contribution in [2.24, 2.45) is 0 Å². The van der Waals surface area contributed by atoms with Crippen LogP contribution in [0.3, 0.4) is 0 Å². The second-order valence-corrected chi connectivity index (χ2v) is 12.8. The van der Waals surface area contributed by atoms with Gasteiger partial charge in [0.15, 0.2) is 5.82 Å². The number of nitriles is 1. The normalized spacial score (nSPS) is 20.5. The Bertz CT molecular complexity index is 1940. The van der Waals surface area contributed by atoms with E-state index in [1.165, 1.54) is 24.5 Å². The lowest BCUT2D eigenvalue weighted by Crippen LogP contribution is -2.57. The third-order valence-corrected chi connectivity index (χ3v) is 9.89. The Hall–Kier alpha value is -5.02. The molecule has 11 nitrogen and oxygen atoms in total. The monoisotopic (exact) mass is 637 g/mol. The molecule has 1 aromatic carbocycles. The summed E-state index contributed by atoms with van der Waals surface area (Å²) in [5, 5.41) is 10.6. The molecule has 3 aliphatic rings. The number of hydrogen-bond acceptors (Lipinski definition) is 10. The Morgan fingerprint density at radius 1 is 1.17 bits per heavy atom. The van der Waals surface area contributed by atoms with Gasteiger partial charge in [0.2, 0.25) is 11.3 Å². The van der Waals surface area contributed by atoms with Gasteiger partial charge in [0.1, 0.15) is 24.1 Å². The molecule has 47 heavy (non-hydrogen) atoms. The van der Waals surface area contributed by atoms with Gasteiger partial charge in [-0.15, -0.1) is 0 Å². The van der Waals surface area contributed by atoms with Gasteiger partial charge in [-0.05, 0) is 83.1 Å². The molecule has 0 unspecified atom stereocenters. The van der Waals surface area contributed by atoms with Crippen molar-refractivity contribution in [3.8, 4) is 17.6 Å². The van der Waals surface area contributed by atoms with Crippen LogP contribution in [0.25, 0.3) is 16.6 Å². The number of hydrogen-bond donors (Lipinski definition) is 0. The summed E-state index contributed by atoms with van der Waals surface area (Å²) in [6.07, 6.45) is 8.12. The number of carbonyl (C=O) groups excluding carboxylic acids is 1. The fourth-order valence-corrected chi connectivity index (χ4v) is 7.27. The van der Waals surface area contributed by atoms with Crippen LogP contribution in [0.4, 0.5) is 15.9 Å². The average molecular weight is 638 g/mol. The van der Waals surface area contributed by atoms with Crippen molar-refractivity contribution >= 4 is 28.4 Å². The maximum atomic E-state index is 14.4. The number of carbonyl (C=O) groups is 1. The van der Waals surface area contributed by atoms with Crippen LogP contribution in [0.15, 0.2) is 59.8 Å². The predicted molar refractivity (Wildman–Crippen MR) is 175 cm³/mol. The summed E-state index contributed by atoms with van der Waals surface area (Å²) in [6, 6.07) is 13.0. The molecule has 2 bridgehead atoms. The van der Waals surface area contributed by atoms with Gasteiger partial charge >= 0.3 is 5.97 Å². The van der Waals surface area contributed by atoms with Crippen molar-refractivity contribution in [1.82, 2.24) is 19.4 Å². The van der Waals surface area contributed by atoms with E-state index >= 15 is 0 Å². The maximum absolute atomic E-state index is 14.4. The van der Waals surface area contributed by atoms with Crippen LogP contribution < -0.4 is 20.0 Å². The predicted octanol–water partition coefficient (Wildman–Crippen LogP) is 4.30. The largest absolute Gasteiger partial charge is 0.473 e. The molecule has 0 saturated carbocycles. The van der Waals surface area contributed by atoms with E-state index < -0.39 is 22.8 Å². The first-order chi connectivity index (χ1) is 22.7. The van der Waals surface area contributed by atoms with Gasteiger partial charge in [-0.3, -0.25) is 4.79 Å². The summed E-state index contributed by atoms with van der Waals surface area (Å²) in [4.78, 5) is 42.2. The first-order valence-electron chi connectivity index (χ1n) is 15.9. The van der Waals surface area contributed by atoms with Crippen LogP contribution in [-0.4, -0.2) is 83.4 Å². The van der Waals surface area contributed by atoms with E-state index in [1.807, 2.05) is 18.2 Å². The molecular formula is C35H36FN7O4. The quantitative estimate of drug-likeness (QED) is 0.246. The minimum atomic E-state index is -0.730. The maximum Gasteiger partial charge on any atom is 0.343 e. The Kier molecular flexibility index (Phi) is 7.80. The lowest BCUT2D eigenvalue weighted by atomic mass is 9.88. The number of likely N-dealkylation sites (N-methyl/N-ethyl adjacent to an activating group) is 1. The number of pyridine rings is 3. The van der Waals surface area contributed by atoms with Crippen molar-refractivity contribution < 1.29 is 18.7 Å². The van der Waals surface area contributed by atoms with E-state index in [9.17, 15) is 19.2 Å². The zero-order chi connectivity index (χ0) is 32.9. The van der Waals surface area contributed by atoms with Gasteiger partial charge < -0.3 is 28.7 Å². The number of benzene rings is 1. The van der Waals surface area contributed by atoms with Gasteiger partial charge in [0, 0.05) is 43.0 Å². The molecule has 6 heterocycles. The van der Waals surface area contributed by atoms with Gasteiger partial charge in [-0.25, -0.2) is 19.2 Å². The SMILES string of the molecule is CCOC(=O)c1cn(-c2ccc(N3CC(N(C)C)C3)nc2)c2cc(N3C4CCC3(COc3ncccc3F)CC4)c(C#N)cc2c1=O. The van der Waals surface area contributed by atoms with Crippen LogP contribution >= 0.6 is 0 Å². The standard InChI is InChI=1S/C35H36FN7O4/c1-4-46-34(45)27-20-42(24-7-8-31(39-17-24)41-18-25(19-41)40(2)3)30-15-29(22(16-37)14-26(30)32(27)44)43-23-9-11-35(43,12-10-23)21-47-33-28(36)6-5-13-38-33/h5-8,13-15,17,20,23,25H,4,9-12,18-19,21H2,1-3H3. The highest BCUT2D eigenvalue weighted by molar-refractivity contribution is 5.96. The molecule has 242 valence electrons. The van der Waals surface area contributed by atoms with Gasteiger partial charge in [-0.2, -0.15) is 5.26 Å². The van der Waals surface area contributed by atoms with Gasteiger partial charge in [0.05, 0.1) is 40.8 Å². The Morgan fingerprint density at radius 2 is 1.96 bits per heavy atom. The van der Waals surface area contributed by atoms with E-state index in [2.05, 4.69) is 39.8 Å². The van der Waals surface area contributed by atoms with E-state index in [0.717, 1.165) is 44.6 Å². The highest BCUT2D eigenvalue weighted by atomic mass is 19.1. The summed E-state index contributed by atoms with van der Waals surface area (Å²) in [5.74, 6) is -0.469. The molecule has 4 aromatic rings. The van der Waals surface area contributed by atoms with Crippen molar-refractivity contribution in [2.45, 2.75) is 50.2 Å². The van der Waals surface area contributed by atoms with E-state index in [4.69, 9.17) is 14.5 Å². The van der Waals surface area contributed by atoms with Gasteiger partial charge in [0.25, 0.3) is 0 Å². The topological polar surface area (TPSA) is 117 Å². The van der Waals surface area contributed by atoms with Crippen LogP contribution in [-0.2, 0) is 4.74 Å². The minimum absolute atomic E-state index is 0.0528. The number of rotatable bonds is 9. The number of anilines is 2. The average Bonchev–Trinajstić information content (AvgIpc) is 3.59. The summed E-state index contributed by atoms with van der Waals surface area (Å²) in [6.45, 7) is 3.75. The molecule has 7 rings (SSSR count). The molecule has 0 spiro atoms. The van der Waals surface area contributed by atoms with Crippen molar-refractivity contribution in [1.29, 1.82) is 5.26 Å². The van der Waals surface area contributed by atoms with E-state index in [-0.39, 0.29) is 36.1 Å². The second-order valence-electron chi connectivity index (χ2n) is 12.8. The van der Waals surface area contributed by atoms with Crippen molar-refractivity contribution in [3.05, 3.63) is 82.2 Å². The first-order valence-corrected chi connectivity index (χ1v) is 15.9. The molecule has 3 aromatic heterocycles. The zero-order valence-electron chi connectivity index (χ0n) is 26.6. The Balaban J connectivity index is 1.32. The fraction of sp³-hybridized carbons (Fsp3) is 0.400. The number of nitrogens with zero attached hydrogens (tertiary/aromatic N) is 7. The Morgan fingerprint density at radius 3 is 2.62 bits per heavy atom. The number of ether oxygens (including phenoxy) is 2. The molecule has 0 radical (unpaired) electrons. The van der Waals surface area contributed by atoms with E-state index in [0.29, 0.717) is 28.5 Å². The molecule has 0 N–H and O–H groups in total. The minimum Gasteiger partial charge on any atom is -0.473 e.